The minimum absolute atomic E-state index is 0.0394. The highest BCUT2D eigenvalue weighted by atomic mass is 32.2. The van der Waals surface area contributed by atoms with Gasteiger partial charge in [-0.15, -0.1) is 0 Å². The van der Waals surface area contributed by atoms with Crippen molar-refractivity contribution in [3.8, 4) is 22.8 Å². The smallest absolute Gasteiger partial charge is 0.240 e. The van der Waals surface area contributed by atoms with Crippen molar-refractivity contribution in [3.05, 3.63) is 59.9 Å². The molecule has 0 spiro atoms. The third-order valence-electron chi connectivity index (χ3n) is 6.98. The molecule has 0 saturated carbocycles. The Morgan fingerprint density at radius 3 is 2.70 bits per heavy atom. The van der Waals surface area contributed by atoms with Crippen molar-refractivity contribution in [2.24, 2.45) is 0 Å². The maximum atomic E-state index is 12.3. The number of hydrogen-bond acceptors (Lipinski definition) is 9. The van der Waals surface area contributed by atoms with Gasteiger partial charge in [0.15, 0.2) is 11.5 Å². The van der Waals surface area contributed by atoms with Crippen LogP contribution in [0.25, 0.3) is 33.3 Å². The van der Waals surface area contributed by atoms with Gasteiger partial charge in [0.1, 0.15) is 28.8 Å². The van der Waals surface area contributed by atoms with Crippen LogP contribution in [0.5, 0.6) is 11.6 Å². The number of nitrogens with zero attached hydrogens (tertiary/aromatic N) is 3. The van der Waals surface area contributed by atoms with Crippen LogP contribution in [0.15, 0.2) is 51.9 Å². The Labute approximate surface area is 231 Å². The van der Waals surface area contributed by atoms with Gasteiger partial charge in [-0.2, -0.15) is 4.98 Å². The summed E-state index contributed by atoms with van der Waals surface area (Å²) in [5.74, 6) is 2.02. The minimum atomic E-state index is -3.62. The zero-order valence-corrected chi connectivity index (χ0v) is 23.2. The first-order valence-corrected chi connectivity index (χ1v) is 14.4. The SMILES string of the molecule is CNS(=O)(=O)c1ccc(Cc2nc(OC3CCOCC3)c3c(-c4ccc5nc(C)oc5c4)c[nH]c3n2)c(OC)c1. The first-order valence-electron chi connectivity index (χ1n) is 12.9. The molecular weight excluding hydrogens is 534 g/mol. The number of rotatable bonds is 8. The van der Waals surface area contributed by atoms with E-state index in [9.17, 15) is 8.42 Å². The molecule has 11 nitrogen and oxygen atoms in total. The van der Waals surface area contributed by atoms with Gasteiger partial charge in [-0.3, -0.25) is 0 Å². The summed E-state index contributed by atoms with van der Waals surface area (Å²) in [6, 6.07) is 10.6. The fourth-order valence-corrected chi connectivity index (χ4v) is 5.67. The summed E-state index contributed by atoms with van der Waals surface area (Å²) in [6.45, 7) is 3.08. The molecule has 1 fully saturated rings. The standard InChI is InChI=1S/C28H29N5O6S/c1-16-31-22-7-5-17(12-24(22)38-16)21-15-30-27-26(21)28(39-19-8-10-37-11-9-19)33-25(32-27)13-18-4-6-20(14-23(18)36-3)40(34,35)29-2/h4-7,12,14-15,19,29H,8-11,13H2,1-3H3,(H,30,32,33). The van der Waals surface area contributed by atoms with E-state index in [-0.39, 0.29) is 11.0 Å². The van der Waals surface area contributed by atoms with Gasteiger partial charge >= 0.3 is 0 Å². The number of oxazole rings is 1. The Balaban J connectivity index is 1.42. The summed E-state index contributed by atoms with van der Waals surface area (Å²) in [7, 11) is -0.744. The zero-order valence-electron chi connectivity index (χ0n) is 22.4. The second-order valence-corrected chi connectivity index (χ2v) is 11.5. The van der Waals surface area contributed by atoms with Crippen molar-refractivity contribution < 1.29 is 27.0 Å². The van der Waals surface area contributed by atoms with E-state index in [0.717, 1.165) is 40.4 Å². The number of nitrogens with one attached hydrogen (secondary N) is 2. The lowest BCUT2D eigenvalue weighted by Gasteiger charge is -2.23. The lowest BCUT2D eigenvalue weighted by Crippen LogP contribution is -2.26. The molecule has 0 aliphatic carbocycles. The maximum absolute atomic E-state index is 12.3. The first-order chi connectivity index (χ1) is 19.3. The first kappa shape index (κ1) is 26.2. The van der Waals surface area contributed by atoms with Gasteiger partial charge in [-0.25, -0.2) is 23.1 Å². The molecule has 208 valence electrons. The number of H-pyrrole nitrogens is 1. The molecule has 12 heteroatoms. The lowest BCUT2D eigenvalue weighted by molar-refractivity contribution is 0.0243. The molecule has 5 aromatic rings. The van der Waals surface area contributed by atoms with Crippen LogP contribution in [0.2, 0.25) is 0 Å². The average Bonchev–Trinajstić information content (AvgIpc) is 3.56. The number of methoxy groups -OCH3 is 1. The third-order valence-corrected chi connectivity index (χ3v) is 8.40. The van der Waals surface area contributed by atoms with E-state index < -0.39 is 10.0 Å². The van der Waals surface area contributed by atoms with E-state index in [4.69, 9.17) is 28.6 Å². The predicted molar refractivity (Wildman–Crippen MR) is 148 cm³/mol. The van der Waals surface area contributed by atoms with Crippen molar-refractivity contribution in [1.29, 1.82) is 0 Å². The molecule has 0 amide bonds. The number of aromatic nitrogens is 4. The van der Waals surface area contributed by atoms with Gasteiger partial charge in [-0.1, -0.05) is 12.1 Å². The van der Waals surface area contributed by atoms with Crippen LogP contribution in [0.4, 0.5) is 0 Å². The number of aryl methyl sites for hydroxylation is 1. The molecule has 6 rings (SSSR count). The molecule has 0 bridgehead atoms. The summed E-state index contributed by atoms with van der Waals surface area (Å²) in [5, 5.41) is 0.772. The molecule has 0 radical (unpaired) electrons. The molecule has 1 aliphatic rings. The number of sulfonamides is 1. The number of benzene rings is 2. The summed E-state index contributed by atoms with van der Waals surface area (Å²) in [4.78, 5) is 17.5. The number of hydrogen-bond donors (Lipinski definition) is 2. The fourth-order valence-electron chi connectivity index (χ4n) is 4.92. The highest BCUT2D eigenvalue weighted by Gasteiger charge is 2.23. The molecular formula is C28H29N5O6S. The highest BCUT2D eigenvalue weighted by molar-refractivity contribution is 7.89. The molecule has 2 aromatic carbocycles. The van der Waals surface area contributed by atoms with Gasteiger partial charge in [0, 0.05) is 49.6 Å². The summed E-state index contributed by atoms with van der Waals surface area (Å²) >= 11 is 0. The second-order valence-electron chi connectivity index (χ2n) is 9.57. The van der Waals surface area contributed by atoms with Gasteiger partial charge in [-0.05, 0) is 30.8 Å². The number of fused-ring (bicyclic) bond motifs is 2. The fraction of sp³-hybridized carbons (Fsp3) is 0.321. The Morgan fingerprint density at radius 2 is 1.93 bits per heavy atom. The largest absolute Gasteiger partial charge is 0.496 e. The summed E-state index contributed by atoms with van der Waals surface area (Å²) in [6.07, 6.45) is 3.68. The van der Waals surface area contributed by atoms with Crippen LogP contribution in [-0.2, 0) is 21.2 Å². The highest BCUT2D eigenvalue weighted by Crippen LogP contribution is 2.37. The van der Waals surface area contributed by atoms with E-state index >= 15 is 0 Å². The van der Waals surface area contributed by atoms with Crippen LogP contribution in [0.1, 0.15) is 30.1 Å². The molecule has 3 aromatic heterocycles. The van der Waals surface area contributed by atoms with Crippen LogP contribution in [0.3, 0.4) is 0 Å². The van der Waals surface area contributed by atoms with Crippen molar-refractivity contribution in [1.82, 2.24) is 24.7 Å². The quantitative estimate of drug-likeness (QED) is 0.285. The topological polar surface area (TPSA) is 141 Å². The van der Waals surface area contributed by atoms with E-state index in [1.807, 2.05) is 31.3 Å². The third kappa shape index (κ3) is 5.01. The molecule has 0 unspecified atom stereocenters. The van der Waals surface area contributed by atoms with Crippen LogP contribution in [0, 0.1) is 6.92 Å². The van der Waals surface area contributed by atoms with E-state index in [1.54, 1.807) is 6.07 Å². The lowest BCUT2D eigenvalue weighted by atomic mass is 10.1. The van der Waals surface area contributed by atoms with Gasteiger partial charge in [0.05, 0.1) is 30.6 Å². The molecule has 1 aliphatic heterocycles. The normalized spacial score (nSPS) is 14.7. The summed E-state index contributed by atoms with van der Waals surface area (Å²) in [5.41, 5.74) is 4.67. The Hall–Kier alpha value is -4.00. The van der Waals surface area contributed by atoms with Crippen LogP contribution >= 0.6 is 0 Å². The Morgan fingerprint density at radius 1 is 1.10 bits per heavy atom. The number of ether oxygens (including phenoxy) is 3. The van der Waals surface area contributed by atoms with Crippen molar-refractivity contribution in [2.45, 2.75) is 37.2 Å². The van der Waals surface area contributed by atoms with Gasteiger partial charge in [0.25, 0.3) is 0 Å². The van der Waals surface area contributed by atoms with Crippen molar-refractivity contribution >= 4 is 32.2 Å². The molecule has 40 heavy (non-hydrogen) atoms. The molecule has 1 saturated heterocycles. The minimum Gasteiger partial charge on any atom is -0.496 e. The molecule has 4 heterocycles. The van der Waals surface area contributed by atoms with Crippen LogP contribution in [-0.4, -0.2) is 61.8 Å². The Bertz CT molecular complexity index is 1810. The number of aromatic amines is 1. The van der Waals surface area contributed by atoms with E-state index in [0.29, 0.717) is 54.2 Å². The maximum Gasteiger partial charge on any atom is 0.240 e. The molecule has 2 N–H and O–H groups in total. The predicted octanol–water partition coefficient (Wildman–Crippen LogP) is 4.14. The summed E-state index contributed by atoms with van der Waals surface area (Å²) < 4.78 is 50.2. The van der Waals surface area contributed by atoms with Crippen molar-refractivity contribution in [2.75, 3.05) is 27.4 Å². The Kier molecular flexibility index (Phi) is 6.90. The second kappa shape index (κ2) is 10.5. The van der Waals surface area contributed by atoms with E-state index in [1.165, 1.54) is 26.3 Å². The van der Waals surface area contributed by atoms with Crippen molar-refractivity contribution in [3.63, 3.8) is 0 Å². The monoisotopic (exact) mass is 563 g/mol. The average molecular weight is 564 g/mol. The van der Waals surface area contributed by atoms with Gasteiger partial charge < -0.3 is 23.6 Å². The zero-order chi connectivity index (χ0) is 27.9. The van der Waals surface area contributed by atoms with Gasteiger partial charge in [0.2, 0.25) is 15.9 Å². The van der Waals surface area contributed by atoms with E-state index in [2.05, 4.69) is 14.7 Å². The van der Waals surface area contributed by atoms with Crippen LogP contribution < -0.4 is 14.2 Å². The molecule has 0 atom stereocenters.